The maximum Gasteiger partial charge on any atom is 0.225 e. The number of nitrogens with two attached hydrogens (primary N) is 1. The van der Waals surface area contributed by atoms with Gasteiger partial charge in [-0.1, -0.05) is 0 Å². The first-order chi connectivity index (χ1) is 10.1. The first kappa shape index (κ1) is 15.8. The fourth-order valence-corrected chi connectivity index (χ4v) is 3.25. The molecule has 6 heteroatoms. The summed E-state index contributed by atoms with van der Waals surface area (Å²) in [5, 5.41) is 8.60. The van der Waals surface area contributed by atoms with Gasteiger partial charge in [0, 0.05) is 37.9 Å². The first-order valence-electron chi connectivity index (χ1n) is 7.79. The van der Waals surface area contributed by atoms with Gasteiger partial charge in [-0.15, -0.1) is 0 Å². The SMILES string of the molecule is N#CCCN1CCC(C(=O)N2CCC(C(N)=O)CC2)CC1. The molecule has 2 amide bonds. The van der Waals surface area contributed by atoms with Crippen molar-refractivity contribution in [1.82, 2.24) is 9.80 Å². The van der Waals surface area contributed by atoms with Crippen molar-refractivity contribution < 1.29 is 9.59 Å². The number of nitriles is 1. The molecule has 6 nitrogen and oxygen atoms in total. The van der Waals surface area contributed by atoms with Crippen LogP contribution in [-0.2, 0) is 9.59 Å². The van der Waals surface area contributed by atoms with Gasteiger partial charge in [0.25, 0.3) is 0 Å². The number of hydrogen-bond donors (Lipinski definition) is 1. The minimum atomic E-state index is -0.243. The molecule has 0 spiro atoms. The zero-order valence-corrected chi connectivity index (χ0v) is 12.5. The van der Waals surface area contributed by atoms with Gasteiger partial charge in [0.05, 0.1) is 6.07 Å². The molecule has 21 heavy (non-hydrogen) atoms. The third kappa shape index (κ3) is 4.18. The molecule has 116 valence electrons. The number of amides is 2. The summed E-state index contributed by atoms with van der Waals surface area (Å²) < 4.78 is 0. The molecule has 0 aromatic heterocycles. The topological polar surface area (TPSA) is 90.4 Å². The number of rotatable bonds is 4. The van der Waals surface area contributed by atoms with E-state index >= 15 is 0 Å². The number of hydrogen-bond acceptors (Lipinski definition) is 4. The van der Waals surface area contributed by atoms with Crippen molar-refractivity contribution >= 4 is 11.8 Å². The Morgan fingerprint density at radius 1 is 1.05 bits per heavy atom. The third-order valence-electron chi connectivity index (χ3n) is 4.69. The normalized spacial score (nSPS) is 22.0. The van der Waals surface area contributed by atoms with Crippen molar-refractivity contribution in [2.75, 3.05) is 32.7 Å². The number of nitrogens with zero attached hydrogens (tertiary/aromatic N) is 3. The predicted molar refractivity (Wildman–Crippen MR) is 77.9 cm³/mol. The van der Waals surface area contributed by atoms with E-state index in [1.807, 2.05) is 4.90 Å². The minimum absolute atomic E-state index is 0.0677. The van der Waals surface area contributed by atoms with E-state index in [0.717, 1.165) is 32.5 Å². The second-order valence-electron chi connectivity index (χ2n) is 6.03. The number of carbonyl (C=O) groups is 2. The standard InChI is InChI=1S/C15H24N4O2/c16-6-1-7-18-8-2-13(3-9-18)15(21)19-10-4-12(5-11-19)14(17)20/h12-13H,1-5,7-11H2,(H2,17,20). The summed E-state index contributed by atoms with van der Waals surface area (Å²) in [6.07, 6.45) is 3.70. The molecule has 2 fully saturated rings. The van der Waals surface area contributed by atoms with E-state index in [-0.39, 0.29) is 23.7 Å². The lowest BCUT2D eigenvalue weighted by atomic mass is 9.92. The van der Waals surface area contributed by atoms with Gasteiger partial charge in [-0.2, -0.15) is 5.26 Å². The van der Waals surface area contributed by atoms with E-state index in [2.05, 4.69) is 11.0 Å². The molecule has 2 aliphatic heterocycles. The van der Waals surface area contributed by atoms with E-state index < -0.39 is 0 Å². The molecule has 0 aromatic rings. The maximum atomic E-state index is 12.5. The monoisotopic (exact) mass is 292 g/mol. The van der Waals surface area contributed by atoms with Gasteiger partial charge >= 0.3 is 0 Å². The highest BCUT2D eigenvalue weighted by molar-refractivity contribution is 5.80. The zero-order valence-electron chi connectivity index (χ0n) is 12.5. The lowest BCUT2D eigenvalue weighted by Crippen LogP contribution is -2.46. The van der Waals surface area contributed by atoms with Crippen LogP contribution in [0.3, 0.4) is 0 Å². The predicted octanol–water partition coefficient (Wildman–Crippen LogP) is 0.336. The van der Waals surface area contributed by atoms with Crippen molar-refractivity contribution in [3.05, 3.63) is 0 Å². The minimum Gasteiger partial charge on any atom is -0.369 e. The van der Waals surface area contributed by atoms with Crippen LogP contribution in [0.2, 0.25) is 0 Å². The van der Waals surface area contributed by atoms with Crippen LogP contribution in [0.4, 0.5) is 0 Å². The van der Waals surface area contributed by atoms with Gasteiger partial charge < -0.3 is 15.5 Å². The number of likely N-dealkylation sites (tertiary alicyclic amines) is 2. The Morgan fingerprint density at radius 3 is 2.14 bits per heavy atom. The molecule has 0 aromatic carbocycles. The molecule has 2 aliphatic rings. The van der Waals surface area contributed by atoms with E-state index in [4.69, 9.17) is 11.0 Å². The highest BCUT2D eigenvalue weighted by atomic mass is 16.2. The van der Waals surface area contributed by atoms with Crippen LogP contribution in [0.15, 0.2) is 0 Å². The fraction of sp³-hybridized carbons (Fsp3) is 0.800. The molecule has 0 unspecified atom stereocenters. The van der Waals surface area contributed by atoms with Gasteiger partial charge in [0.15, 0.2) is 0 Å². The smallest absolute Gasteiger partial charge is 0.225 e. The Bertz CT molecular complexity index is 416. The van der Waals surface area contributed by atoms with E-state index in [9.17, 15) is 9.59 Å². The molecule has 2 saturated heterocycles. The largest absolute Gasteiger partial charge is 0.369 e. The molecule has 2 N–H and O–H groups in total. The average Bonchev–Trinajstić information content (AvgIpc) is 2.53. The zero-order chi connectivity index (χ0) is 15.2. The van der Waals surface area contributed by atoms with Crippen molar-refractivity contribution in [2.45, 2.75) is 32.1 Å². The highest BCUT2D eigenvalue weighted by Crippen LogP contribution is 2.23. The molecular formula is C15H24N4O2. The second kappa shape index (κ2) is 7.41. The summed E-state index contributed by atoms with van der Waals surface area (Å²) in [4.78, 5) is 27.8. The van der Waals surface area contributed by atoms with Crippen LogP contribution in [0.25, 0.3) is 0 Å². The van der Waals surface area contributed by atoms with E-state index in [1.165, 1.54) is 0 Å². The van der Waals surface area contributed by atoms with Crippen molar-refractivity contribution in [3.8, 4) is 6.07 Å². The number of piperidine rings is 2. The third-order valence-corrected chi connectivity index (χ3v) is 4.69. The van der Waals surface area contributed by atoms with E-state index in [0.29, 0.717) is 32.4 Å². The van der Waals surface area contributed by atoms with Crippen molar-refractivity contribution in [1.29, 1.82) is 5.26 Å². The maximum absolute atomic E-state index is 12.5. The molecule has 2 rings (SSSR count). The van der Waals surface area contributed by atoms with Gasteiger partial charge in [0.2, 0.25) is 11.8 Å². The highest BCUT2D eigenvalue weighted by Gasteiger charge is 2.31. The van der Waals surface area contributed by atoms with Crippen LogP contribution in [-0.4, -0.2) is 54.3 Å². The summed E-state index contributed by atoms with van der Waals surface area (Å²) in [6.45, 7) is 3.91. The Labute approximate surface area is 125 Å². The molecule has 0 radical (unpaired) electrons. The summed E-state index contributed by atoms with van der Waals surface area (Å²) in [5.41, 5.74) is 5.32. The molecule has 0 aliphatic carbocycles. The summed E-state index contributed by atoms with van der Waals surface area (Å²) in [5.74, 6) is 0.0288. The molecule has 2 heterocycles. The first-order valence-corrected chi connectivity index (χ1v) is 7.79. The van der Waals surface area contributed by atoms with Crippen LogP contribution < -0.4 is 5.73 Å². The van der Waals surface area contributed by atoms with Crippen LogP contribution in [0, 0.1) is 23.2 Å². The Kier molecular flexibility index (Phi) is 5.57. The van der Waals surface area contributed by atoms with Crippen molar-refractivity contribution in [2.24, 2.45) is 17.6 Å². The van der Waals surface area contributed by atoms with Crippen LogP contribution >= 0.6 is 0 Å². The summed E-state index contributed by atoms with van der Waals surface area (Å²) in [7, 11) is 0. The Balaban J connectivity index is 1.75. The lowest BCUT2D eigenvalue weighted by Gasteiger charge is -2.36. The molecule has 0 bridgehead atoms. The van der Waals surface area contributed by atoms with Crippen LogP contribution in [0.1, 0.15) is 32.1 Å². The number of carbonyl (C=O) groups excluding carboxylic acids is 2. The van der Waals surface area contributed by atoms with Gasteiger partial charge in [-0.25, -0.2) is 0 Å². The quantitative estimate of drug-likeness (QED) is 0.808. The van der Waals surface area contributed by atoms with Gasteiger partial charge in [-0.05, 0) is 38.8 Å². The lowest BCUT2D eigenvalue weighted by molar-refractivity contribution is -0.140. The number of primary amides is 1. The average molecular weight is 292 g/mol. The second-order valence-corrected chi connectivity index (χ2v) is 6.03. The summed E-state index contributed by atoms with van der Waals surface area (Å²) in [6, 6.07) is 2.16. The van der Waals surface area contributed by atoms with E-state index in [1.54, 1.807) is 0 Å². The van der Waals surface area contributed by atoms with Gasteiger partial charge in [0.1, 0.15) is 0 Å². The Morgan fingerprint density at radius 2 is 1.62 bits per heavy atom. The van der Waals surface area contributed by atoms with Gasteiger partial charge in [-0.3, -0.25) is 9.59 Å². The van der Waals surface area contributed by atoms with Crippen LogP contribution in [0.5, 0.6) is 0 Å². The molecule has 0 atom stereocenters. The molecule has 0 saturated carbocycles. The van der Waals surface area contributed by atoms with Crippen molar-refractivity contribution in [3.63, 3.8) is 0 Å². The molecular weight excluding hydrogens is 268 g/mol. The summed E-state index contributed by atoms with van der Waals surface area (Å²) >= 11 is 0. The Hall–Kier alpha value is -1.61. The fourth-order valence-electron chi connectivity index (χ4n) is 3.25.